The highest BCUT2D eigenvalue weighted by Gasteiger charge is 2.22. The lowest BCUT2D eigenvalue weighted by Crippen LogP contribution is -2.18. The molecule has 1 saturated carbocycles. The van der Waals surface area contributed by atoms with Gasteiger partial charge in [0, 0.05) is 0 Å². The van der Waals surface area contributed by atoms with E-state index in [2.05, 4.69) is 0 Å². The molecule has 0 heterocycles. The molecule has 1 aliphatic rings. The molecule has 2 nitrogen and oxygen atoms in total. The van der Waals surface area contributed by atoms with Gasteiger partial charge in [-0.15, -0.1) is 0 Å². The lowest BCUT2D eigenvalue weighted by atomic mass is 9.97. The van der Waals surface area contributed by atoms with E-state index in [0.717, 1.165) is 12.8 Å². The average Bonchev–Trinajstić information content (AvgIpc) is 2.52. The molecule has 3 N–H and O–H groups in total. The van der Waals surface area contributed by atoms with E-state index in [9.17, 15) is 5.11 Å². The fourth-order valence-corrected chi connectivity index (χ4v) is 1.90. The van der Waals surface area contributed by atoms with Crippen molar-refractivity contribution in [2.45, 2.75) is 44.6 Å². The van der Waals surface area contributed by atoms with Gasteiger partial charge in [-0.3, -0.25) is 0 Å². The highest BCUT2D eigenvalue weighted by Crippen LogP contribution is 2.29. The van der Waals surface area contributed by atoms with Crippen LogP contribution in [0.15, 0.2) is 0 Å². The Morgan fingerprint density at radius 1 is 1.36 bits per heavy atom. The van der Waals surface area contributed by atoms with Gasteiger partial charge >= 0.3 is 0 Å². The fourth-order valence-electron chi connectivity index (χ4n) is 1.90. The van der Waals surface area contributed by atoms with Crippen molar-refractivity contribution in [3.8, 4) is 0 Å². The minimum atomic E-state index is -0.0685. The van der Waals surface area contributed by atoms with E-state index in [4.69, 9.17) is 5.73 Å². The average molecular weight is 157 g/mol. The summed E-state index contributed by atoms with van der Waals surface area (Å²) in [5.74, 6) is 0.585. The van der Waals surface area contributed by atoms with Crippen LogP contribution in [0, 0.1) is 5.92 Å². The van der Waals surface area contributed by atoms with Gasteiger partial charge in [0.05, 0.1) is 6.10 Å². The second-order valence-electron chi connectivity index (χ2n) is 3.54. The third-order valence-electron chi connectivity index (χ3n) is 2.65. The van der Waals surface area contributed by atoms with Crippen molar-refractivity contribution in [3.05, 3.63) is 0 Å². The van der Waals surface area contributed by atoms with E-state index in [1.54, 1.807) is 0 Å². The maximum Gasteiger partial charge on any atom is 0.0568 e. The van der Waals surface area contributed by atoms with Gasteiger partial charge in [0.25, 0.3) is 0 Å². The molecule has 1 aliphatic carbocycles. The summed E-state index contributed by atoms with van der Waals surface area (Å²) in [4.78, 5) is 0. The van der Waals surface area contributed by atoms with Gasteiger partial charge in [-0.25, -0.2) is 0 Å². The first-order valence-electron chi connectivity index (χ1n) is 4.72. The van der Waals surface area contributed by atoms with Crippen LogP contribution in [0.1, 0.15) is 38.5 Å². The van der Waals surface area contributed by atoms with Gasteiger partial charge in [0.15, 0.2) is 0 Å². The van der Waals surface area contributed by atoms with Gasteiger partial charge in [0.1, 0.15) is 0 Å². The van der Waals surface area contributed by atoms with Gasteiger partial charge in [0.2, 0.25) is 0 Å². The normalized spacial score (nSPS) is 22.4. The Labute approximate surface area is 68.8 Å². The van der Waals surface area contributed by atoms with E-state index in [-0.39, 0.29) is 6.10 Å². The molecule has 66 valence electrons. The van der Waals surface area contributed by atoms with Gasteiger partial charge in [-0.1, -0.05) is 12.8 Å². The largest absolute Gasteiger partial charge is 0.393 e. The van der Waals surface area contributed by atoms with Crippen LogP contribution in [0.25, 0.3) is 0 Å². The van der Waals surface area contributed by atoms with E-state index in [0.29, 0.717) is 12.5 Å². The van der Waals surface area contributed by atoms with Crippen LogP contribution in [-0.4, -0.2) is 17.8 Å². The zero-order valence-corrected chi connectivity index (χ0v) is 7.13. The Bertz CT molecular complexity index is 99.7. The first-order chi connectivity index (χ1) is 5.34. The van der Waals surface area contributed by atoms with Crippen LogP contribution in [0.3, 0.4) is 0 Å². The van der Waals surface area contributed by atoms with Crippen molar-refractivity contribution < 1.29 is 5.11 Å². The van der Waals surface area contributed by atoms with E-state index in [1.807, 2.05) is 0 Å². The van der Waals surface area contributed by atoms with Crippen LogP contribution >= 0.6 is 0 Å². The van der Waals surface area contributed by atoms with Crippen molar-refractivity contribution in [1.29, 1.82) is 0 Å². The Morgan fingerprint density at radius 2 is 2.00 bits per heavy atom. The number of hydrogen-bond donors (Lipinski definition) is 2. The lowest BCUT2D eigenvalue weighted by molar-refractivity contribution is 0.100. The minimum absolute atomic E-state index is 0.0685. The SMILES string of the molecule is NCCCC(O)C1CCCC1. The third kappa shape index (κ3) is 2.80. The van der Waals surface area contributed by atoms with Crippen molar-refractivity contribution in [2.24, 2.45) is 11.7 Å². The molecule has 11 heavy (non-hydrogen) atoms. The van der Waals surface area contributed by atoms with Crippen molar-refractivity contribution in [3.63, 3.8) is 0 Å². The summed E-state index contributed by atoms with van der Waals surface area (Å²) in [5, 5.41) is 9.62. The molecule has 0 spiro atoms. The smallest absolute Gasteiger partial charge is 0.0568 e. The van der Waals surface area contributed by atoms with Gasteiger partial charge in [-0.05, 0) is 38.1 Å². The molecule has 1 rings (SSSR count). The van der Waals surface area contributed by atoms with Crippen molar-refractivity contribution >= 4 is 0 Å². The van der Waals surface area contributed by atoms with E-state index >= 15 is 0 Å². The lowest BCUT2D eigenvalue weighted by Gasteiger charge is -2.16. The molecule has 1 unspecified atom stereocenters. The van der Waals surface area contributed by atoms with Gasteiger partial charge in [-0.2, -0.15) is 0 Å². The molecule has 0 bridgehead atoms. The summed E-state index contributed by atoms with van der Waals surface area (Å²) >= 11 is 0. The molecule has 0 saturated heterocycles. The topological polar surface area (TPSA) is 46.2 Å². The van der Waals surface area contributed by atoms with E-state index in [1.165, 1.54) is 25.7 Å². The molecule has 0 aromatic carbocycles. The first kappa shape index (κ1) is 9.01. The molecule has 0 aromatic heterocycles. The van der Waals surface area contributed by atoms with Crippen LogP contribution in [0.5, 0.6) is 0 Å². The quantitative estimate of drug-likeness (QED) is 0.645. The third-order valence-corrected chi connectivity index (χ3v) is 2.65. The highest BCUT2D eigenvalue weighted by atomic mass is 16.3. The number of nitrogens with two attached hydrogens (primary N) is 1. The molecule has 1 fully saturated rings. The maximum absolute atomic E-state index is 9.62. The summed E-state index contributed by atoms with van der Waals surface area (Å²) in [6.07, 6.45) is 6.88. The number of aliphatic hydroxyl groups excluding tert-OH is 1. The molecular formula is C9H19NO. The second-order valence-corrected chi connectivity index (χ2v) is 3.54. The summed E-state index contributed by atoms with van der Waals surface area (Å²) < 4.78 is 0. The number of aliphatic hydroxyl groups is 1. The first-order valence-corrected chi connectivity index (χ1v) is 4.72. The van der Waals surface area contributed by atoms with Crippen LogP contribution < -0.4 is 5.73 Å². The minimum Gasteiger partial charge on any atom is -0.393 e. The number of hydrogen-bond acceptors (Lipinski definition) is 2. The fraction of sp³-hybridized carbons (Fsp3) is 1.00. The molecule has 1 atom stereocenters. The zero-order valence-electron chi connectivity index (χ0n) is 7.13. The molecule has 0 radical (unpaired) electrons. The van der Waals surface area contributed by atoms with Crippen LogP contribution in [0.2, 0.25) is 0 Å². The molecule has 0 amide bonds. The standard InChI is InChI=1S/C9H19NO/c10-7-3-6-9(11)8-4-1-2-5-8/h8-9,11H,1-7,10H2. The predicted molar refractivity (Wildman–Crippen MR) is 46.3 cm³/mol. The van der Waals surface area contributed by atoms with E-state index < -0.39 is 0 Å². The summed E-state index contributed by atoms with van der Waals surface area (Å²) in [6.45, 7) is 0.712. The Balaban J connectivity index is 2.12. The number of rotatable bonds is 4. The monoisotopic (exact) mass is 157 g/mol. The Hall–Kier alpha value is -0.0800. The van der Waals surface area contributed by atoms with Crippen LogP contribution in [0.4, 0.5) is 0 Å². The predicted octanol–water partition coefficient (Wildman–Crippen LogP) is 1.28. The Kier molecular flexibility index (Phi) is 3.87. The second kappa shape index (κ2) is 4.73. The molecular weight excluding hydrogens is 138 g/mol. The summed E-state index contributed by atoms with van der Waals surface area (Å²) in [6, 6.07) is 0. The molecule has 0 aliphatic heterocycles. The van der Waals surface area contributed by atoms with Crippen molar-refractivity contribution in [1.82, 2.24) is 0 Å². The summed E-state index contributed by atoms with van der Waals surface area (Å²) in [5.41, 5.74) is 5.36. The highest BCUT2D eigenvalue weighted by molar-refractivity contribution is 4.74. The zero-order chi connectivity index (χ0) is 8.10. The molecule has 2 heteroatoms. The molecule has 0 aromatic rings. The van der Waals surface area contributed by atoms with Gasteiger partial charge < -0.3 is 10.8 Å². The van der Waals surface area contributed by atoms with Crippen LogP contribution in [-0.2, 0) is 0 Å². The Morgan fingerprint density at radius 3 is 2.55 bits per heavy atom. The maximum atomic E-state index is 9.62. The van der Waals surface area contributed by atoms with Crippen molar-refractivity contribution in [2.75, 3.05) is 6.54 Å². The summed E-state index contributed by atoms with van der Waals surface area (Å²) in [7, 11) is 0.